The summed E-state index contributed by atoms with van der Waals surface area (Å²) in [7, 11) is 0. The molecule has 1 heteroatoms. The Bertz CT molecular complexity index is 166. The Balaban J connectivity index is 3.21. The lowest BCUT2D eigenvalue weighted by atomic mass is 10.2. The maximum Gasteiger partial charge on any atom is 0.0612 e. The summed E-state index contributed by atoms with van der Waals surface area (Å²) in [6.45, 7) is 5.91. The minimum atomic E-state index is 0.154. The molecule has 0 heterocycles. The van der Waals surface area contributed by atoms with Crippen molar-refractivity contribution in [3.05, 3.63) is 36.5 Å². The summed E-state index contributed by atoms with van der Waals surface area (Å²) in [5.74, 6) is 0. The van der Waals surface area contributed by atoms with E-state index in [9.17, 15) is 0 Å². The lowest BCUT2D eigenvalue weighted by molar-refractivity contribution is 0.342. The molecule has 0 unspecified atom stereocenters. The van der Waals surface area contributed by atoms with Gasteiger partial charge in [-0.3, -0.25) is 0 Å². The van der Waals surface area contributed by atoms with Crippen LogP contribution in [0.4, 0.5) is 0 Å². The fourth-order valence-corrected chi connectivity index (χ4v) is 0.830. The summed E-state index contributed by atoms with van der Waals surface area (Å²) in [6.07, 6.45) is 11.2. The van der Waals surface area contributed by atoms with Gasteiger partial charge >= 0.3 is 0 Å². The maximum atomic E-state index is 8.43. The number of allylic oxidation sites excluding steroid dienone is 4. The zero-order valence-electron chi connectivity index (χ0n) is 7.79. The Morgan fingerprint density at radius 1 is 1.25 bits per heavy atom. The van der Waals surface area contributed by atoms with Gasteiger partial charge in [-0.15, -0.1) is 0 Å². The first-order valence-corrected chi connectivity index (χ1v) is 4.35. The molecule has 0 fully saturated rings. The van der Waals surface area contributed by atoms with Crippen molar-refractivity contribution in [1.82, 2.24) is 0 Å². The van der Waals surface area contributed by atoms with E-state index in [-0.39, 0.29) is 6.61 Å². The third kappa shape index (κ3) is 9.18. The van der Waals surface area contributed by atoms with E-state index in [2.05, 4.69) is 12.7 Å². The van der Waals surface area contributed by atoms with Crippen LogP contribution in [0, 0.1) is 0 Å². The molecule has 0 aliphatic rings. The van der Waals surface area contributed by atoms with Crippen LogP contribution in [0.1, 0.15) is 26.2 Å². The highest BCUT2D eigenvalue weighted by molar-refractivity contribution is 5.10. The Labute approximate surface area is 75.1 Å². The summed E-state index contributed by atoms with van der Waals surface area (Å²) in [4.78, 5) is 0. The van der Waals surface area contributed by atoms with E-state index < -0.39 is 0 Å². The first-order valence-electron chi connectivity index (χ1n) is 4.35. The molecule has 0 rings (SSSR count). The predicted molar refractivity (Wildman–Crippen MR) is 54.0 cm³/mol. The molecule has 0 saturated heterocycles. The largest absolute Gasteiger partial charge is 0.392 e. The van der Waals surface area contributed by atoms with Gasteiger partial charge in [-0.1, -0.05) is 36.5 Å². The van der Waals surface area contributed by atoms with E-state index in [0.717, 1.165) is 24.8 Å². The minimum absolute atomic E-state index is 0.154. The molecule has 1 N–H and O–H groups in total. The summed E-state index contributed by atoms with van der Waals surface area (Å²) in [5, 5.41) is 8.43. The van der Waals surface area contributed by atoms with Gasteiger partial charge in [0.2, 0.25) is 0 Å². The molecule has 12 heavy (non-hydrogen) atoms. The second-order valence-corrected chi connectivity index (χ2v) is 2.83. The van der Waals surface area contributed by atoms with Crippen LogP contribution < -0.4 is 0 Å². The molecule has 0 saturated carbocycles. The highest BCUT2D eigenvalue weighted by Gasteiger charge is 1.80. The molecule has 0 radical (unpaired) electrons. The molecule has 0 aliphatic heterocycles. The van der Waals surface area contributed by atoms with Gasteiger partial charge in [-0.2, -0.15) is 0 Å². The Morgan fingerprint density at radius 3 is 2.50 bits per heavy atom. The van der Waals surface area contributed by atoms with Gasteiger partial charge in [0.25, 0.3) is 0 Å². The number of hydrogen-bond donors (Lipinski definition) is 1. The molecule has 0 aromatic carbocycles. The van der Waals surface area contributed by atoms with Crippen molar-refractivity contribution in [3.8, 4) is 0 Å². The van der Waals surface area contributed by atoms with E-state index in [1.54, 1.807) is 6.08 Å². The molecule has 0 spiro atoms. The molecule has 0 aromatic heterocycles. The van der Waals surface area contributed by atoms with Crippen LogP contribution in [-0.4, -0.2) is 11.7 Å². The van der Waals surface area contributed by atoms with Crippen molar-refractivity contribution in [3.63, 3.8) is 0 Å². The van der Waals surface area contributed by atoms with E-state index in [1.165, 1.54) is 0 Å². The zero-order chi connectivity index (χ0) is 9.23. The van der Waals surface area contributed by atoms with Crippen LogP contribution in [0.25, 0.3) is 0 Å². The highest BCUT2D eigenvalue weighted by Crippen LogP contribution is 1.99. The van der Waals surface area contributed by atoms with Gasteiger partial charge in [0.1, 0.15) is 0 Å². The number of rotatable bonds is 6. The van der Waals surface area contributed by atoms with Crippen molar-refractivity contribution in [2.45, 2.75) is 26.2 Å². The number of aliphatic hydroxyl groups is 1. The molecular weight excluding hydrogens is 148 g/mol. The lowest BCUT2D eigenvalue weighted by Crippen LogP contribution is -1.73. The van der Waals surface area contributed by atoms with Crippen LogP contribution in [0.15, 0.2) is 36.5 Å². The van der Waals surface area contributed by atoms with Crippen LogP contribution in [0.2, 0.25) is 0 Å². The van der Waals surface area contributed by atoms with Crippen molar-refractivity contribution in [1.29, 1.82) is 0 Å². The fraction of sp³-hybridized carbons (Fsp3) is 0.455. The fourth-order valence-electron chi connectivity index (χ4n) is 0.830. The molecule has 0 atom stereocenters. The first kappa shape index (κ1) is 11.2. The second-order valence-electron chi connectivity index (χ2n) is 2.83. The molecule has 0 aromatic rings. The van der Waals surface area contributed by atoms with Gasteiger partial charge in [-0.05, 0) is 26.2 Å². The summed E-state index contributed by atoms with van der Waals surface area (Å²) >= 11 is 0. The van der Waals surface area contributed by atoms with Gasteiger partial charge in [0, 0.05) is 0 Å². The quantitative estimate of drug-likeness (QED) is 0.365. The van der Waals surface area contributed by atoms with E-state index in [4.69, 9.17) is 5.11 Å². The van der Waals surface area contributed by atoms with E-state index in [0.29, 0.717) is 0 Å². The van der Waals surface area contributed by atoms with Gasteiger partial charge in [-0.25, -0.2) is 0 Å². The third-order valence-electron chi connectivity index (χ3n) is 1.42. The van der Waals surface area contributed by atoms with Gasteiger partial charge in [0.05, 0.1) is 6.61 Å². The monoisotopic (exact) mass is 166 g/mol. The Kier molecular flexibility index (Phi) is 7.71. The SMILES string of the molecule is C=C(C)/C=C/CCC/C=C/CO. The molecule has 0 aliphatic carbocycles. The number of aliphatic hydroxyl groups excluding tert-OH is 1. The molecule has 0 amide bonds. The highest BCUT2D eigenvalue weighted by atomic mass is 16.2. The van der Waals surface area contributed by atoms with Crippen LogP contribution in [-0.2, 0) is 0 Å². The number of unbranched alkanes of at least 4 members (excludes halogenated alkanes) is 2. The second kappa shape index (κ2) is 8.28. The van der Waals surface area contributed by atoms with E-state index >= 15 is 0 Å². The van der Waals surface area contributed by atoms with Crippen LogP contribution >= 0.6 is 0 Å². The van der Waals surface area contributed by atoms with Gasteiger partial charge < -0.3 is 5.11 Å². The minimum Gasteiger partial charge on any atom is -0.392 e. The Hall–Kier alpha value is -0.820. The average Bonchev–Trinajstić information content (AvgIpc) is 2.02. The third-order valence-corrected chi connectivity index (χ3v) is 1.42. The van der Waals surface area contributed by atoms with Crippen LogP contribution in [0.3, 0.4) is 0 Å². The summed E-state index contributed by atoms with van der Waals surface area (Å²) in [5.41, 5.74) is 1.10. The van der Waals surface area contributed by atoms with Crippen molar-refractivity contribution in [2.24, 2.45) is 0 Å². The normalized spacial score (nSPS) is 11.5. The molecule has 1 nitrogen and oxygen atoms in total. The maximum absolute atomic E-state index is 8.43. The number of hydrogen-bond acceptors (Lipinski definition) is 1. The summed E-state index contributed by atoms with van der Waals surface area (Å²) in [6, 6.07) is 0. The zero-order valence-corrected chi connectivity index (χ0v) is 7.79. The molecule has 68 valence electrons. The van der Waals surface area contributed by atoms with Crippen LogP contribution in [0.5, 0.6) is 0 Å². The lowest BCUT2D eigenvalue weighted by Gasteiger charge is -1.90. The standard InChI is InChI=1S/C11H18O/c1-11(2)9-7-5-3-4-6-8-10-12/h6-9,12H,1,3-5,10H2,2H3/b8-6+,9-7+. The van der Waals surface area contributed by atoms with Gasteiger partial charge in [0.15, 0.2) is 0 Å². The Morgan fingerprint density at radius 2 is 1.92 bits per heavy atom. The smallest absolute Gasteiger partial charge is 0.0612 e. The van der Waals surface area contributed by atoms with Crippen molar-refractivity contribution >= 4 is 0 Å². The average molecular weight is 166 g/mol. The molecular formula is C11H18O. The summed E-state index contributed by atoms with van der Waals surface area (Å²) < 4.78 is 0. The molecule has 0 bridgehead atoms. The predicted octanol–water partition coefficient (Wildman–Crippen LogP) is 2.84. The van der Waals surface area contributed by atoms with Crippen molar-refractivity contribution in [2.75, 3.05) is 6.61 Å². The van der Waals surface area contributed by atoms with E-state index in [1.807, 2.05) is 19.1 Å². The topological polar surface area (TPSA) is 20.2 Å². The first-order chi connectivity index (χ1) is 5.77. The van der Waals surface area contributed by atoms with Crippen molar-refractivity contribution < 1.29 is 5.11 Å².